The van der Waals surface area contributed by atoms with Gasteiger partial charge >= 0.3 is 0 Å². The summed E-state index contributed by atoms with van der Waals surface area (Å²) in [5.74, 6) is -0.668. The van der Waals surface area contributed by atoms with E-state index < -0.39 is 5.79 Å². The van der Waals surface area contributed by atoms with Crippen LogP contribution < -0.4 is 5.32 Å². The number of halogens is 1. The molecule has 1 amide bonds. The molecule has 0 unspecified atom stereocenters. The standard InChI is InChI=1S/C18H19FN4O3/c19-14-2-1-3-15(10-14)22-17-20-11-13(12-21-17)16(24)23-6-4-18(5-7-23)25-8-9-26-18/h1-3,10-12H,4-9H2,(H,20,21,22). The fourth-order valence-electron chi connectivity index (χ4n) is 3.22. The predicted octanol–water partition coefficient (Wildman–Crippen LogP) is 2.34. The summed E-state index contributed by atoms with van der Waals surface area (Å²) >= 11 is 0. The van der Waals surface area contributed by atoms with Crippen LogP contribution in [0.1, 0.15) is 23.2 Å². The molecule has 1 N–H and O–H groups in total. The molecule has 0 radical (unpaired) electrons. The number of aromatic nitrogens is 2. The summed E-state index contributed by atoms with van der Waals surface area (Å²) in [6.07, 6.45) is 4.28. The number of ether oxygens (including phenoxy) is 2. The first-order valence-corrected chi connectivity index (χ1v) is 8.55. The number of benzene rings is 1. The molecule has 1 aromatic heterocycles. The van der Waals surface area contributed by atoms with Crippen molar-refractivity contribution in [2.45, 2.75) is 18.6 Å². The van der Waals surface area contributed by atoms with Crippen molar-refractivity contribution in [2.24, 2.45) is 0 Å². The average Bonchev–Trinajstić information content (AvgIpc) is 3.11. The Hall–Kier alpha value is -2.58. The molecule has 4 rings (SSSR count). The molecule has 0 bridgehead atoms. The quantitative estimate of drug-likeness (QED) is 0.908. The molecule has 136 valence electrons. The molecule has 2 aliphatic heterocycles. The Morgan fingerprint density at radius 2 is 1.85 bits per heavy atom. The second-order valence-electron chi connectivity index (χ2n) is 6.33. The first-order valence-electron chi connectivity index (χ1n) is 8.55. The number of hydrogen-bond acceptors (Lipinski definition) is 6. The van der Waals surface area contributed by atoms with Crippen molar-refractivity contribution >= 4 is 17.5 Å². The van der Waals surface area contributed by atoms with Crippen molar-refractivity contribution in [3.05, 3.63) is 48.0 Å². The lowest BCUT2D eigenvalue weighted by molar-refractivity contribution is -0.181. The molecule has 8 heteroatoms. The van der Waals surface area contributed by atoms with Crippen molar-refractivity contribution in [2.75, 3.05) is 31.6 Å². The zero-order valence-corrected chi connectivity index (χ0v) is 14.2. The van der Waals surface area contributed by atoms with Gasteiger partial charge in [-0.1, -0.05) is 6.07 Å². The maximum Gasteiger partial charge on any atom is 0.256 e. The van der Waals surface area contributed by atoms with Crippen molar-refractivity contribution in [1.29, 1.82) is 0 Å². The van der Waals surface area contributed by atoms with E-state index in [-0.39, 0.29) is 11.7 Å². The fourth-order valence-corrected chi connectivity index (χ4v) is 3.22. The van der Waals surface area contributed by atoms with Gasteiger partial charge in [0.15, 0.2) is 5.79 Å². The molecule has 7 nitrogen and oxygen atoms in total. The van der Waals surface area contributed by atoms with Gasteiger partial charge in [0.1, 0.15) is 5.82 Å². The van der Waals surface area contributed by atoms with Gasteiger partial charge in [0.05, 0.1) is 18.8 Å². The molecule has 3 heterocycles. The van der Waals surface area contributed by atoms with Gasteiger partial charge < -0.3 is 19.7 Å². The van der Waals surface area contributed by atoms with Gasteiger partial charge in [-0.3, -0.25) is 4.79 Å². The lowest BCUT2D eigenvalue weighted by atomic mass is 10.0. The molecule has 2 fully saturated rings. The average molecular weight is 358 g/mol. The van der Waals surface area contributed by atoms with Crippen LogP contribution in [-0.2, 0) is 9.47 Å². The van der Waals surface area contributed by atoms with Gasteiger partial charge in [0.2, 0.25) is 5.95 Å². The highest BCUT2D eigenvalue weighted by Crippen LogP contribution is 2.31. The minimum Gasteiger partial charge on any atom is -0.347 e. The summed E-state index contributed by atoms with van der Waals surface area (Å²) in [4.78, 5) is 22.7. The monoisotopic (exact) mass is 358 g/mol. The highest BCUT2D eigenvalue weighted by atomic mass is 19.1. The number of hydrogen-bond donors (Lipinski definition) is 1. The minimum atomic E-state index is -0.508. The molecule has 1 aromatic carbocycles. The highest BCUT2D eigenvalue weighted by Gasteiger charge is 2.40. The van der Waals surface area contributed by atoms with Crippen LogP contribution in [0.15, 0.2) is 36.7 Å². The van der Waals surface area contributed by atoms with Gasteiger partial charge in [0.25, 0.3) is 5.91 Å². The van der Waals surface area contributed by atoms with Gasteiger partial charge in [-0.05, 0) is 18.2 Å². The van der Waals surface area contributed by atoms with Crippen LogP contribution in [0.2, 0.25) is 0 Å². The van der Waals surface area contributed by atoms with Crippen LogP contribution in [0.5, 0.6) is 0 Å². The van der Waals surface area contributed by atoms with E-state index in [1.165, 1.54) is 24.5 Å². The van der Waals surface area contributed by atoms with Gasteiger partial charge in [-0.2, -0.15) is 0 Å². The zero-order chi connectivity index (χ0) is 18.0. The Labute approximate surface area is 150 Å². The molecule has 2 saturated heterocycles. The number of amides is 1. The Bertz CT molecular complexity index is 783. The normalized spacial score (nSPS) is 18.9. The summed E-state index contributed by atoms with van der Waals surface area (Å²) in [5.41, 5.74) is 0.959. The molecule has 0 aliphatic carbocycles. The van der Waals surface area contributed by atoms with Gasteiger partial charge in [-0.25, -0.2) is 14.4 Å². The number of carbonyl (C=O) groups excluding carboxylic acids is 1. The maximum atomic E-state index is 13.2. The van der Waals surface area contributed by atoms with Gasteiger partial charge in [0, 0.05) is 44.0 Å². The van der Waals surface area contributed by atoms with Crippen LogP contribution in [0.4, 0.5) is 16.0 Å². The van der Waals surface area contributed by atoms with E-state index in [2.05, 4.69) is 15.3 Å². The number of nitrogens with one attached hydrogen (secondary N) is 1. The number of likely N-dealkylation sites (tertiary alicyclic amines) is 1. The van der Waals surface area contributed by atoms with E-state index in [9.17, 15) is 9.18 Å². The molecule has 0 saturated carbocycles. The summed E-state index contributed by atoms with van der Waals surface area (Å²) < 4.78 is 24.6. The van der Waals surface area contributed by atoms with E-state index in [0.717, 1.165) is 0 Å². The topological polar surface area (TPSA) is 76.6 Å². The Morgan fingerprint density at radius 3 is 2.50 bits per heavy atom. The fraction of sp³-hybridized carbons (Fsp3) is 0.389. The molecule has 1 spiro atoms. The van der Waals surface area contributed by atoms with Crippen LogP contribution in [0, 0.1) is 5.82 Å². The van der Waals surface area contributed by atoms with Gasteiger partial charge in [-0.15, -0.1) is 0 Å². The van der Waals surface area contributed by atoms with Crippen LogP contribution in [0.3, 0.4) is 0 Å². The first-order chi connectivity index (χ1) is 12.6. The number of nitrogens with zero attached hydrogens (tertiary/aromatic N) is 3. The molecule has 0 atom stereocenters. The number of rotatable bonds is 3. The van der Waals surface area contributed by atoms with Crippen LogP contribution in [0.25, 0.3) is 0 Å². The van der Waals surface area contributed by atoms with E-state index >= 15 is 0 Å². The Kier molecular flexibility index (Phi) is 4.52. The van der Waals surface area contributed by atoms with E-state index in [1.54, 1.807) is 17.0 Å². The van der Waals surface area contributed by atoms with Crippen molar-refractivity contribution < 1.29 is 18.7 Å². The van der Waals surface area contributed by atoms with E-state index in [1.807, 2.05) is 0 Å². The highest BCUT2D eigenvalue weighted by molar-refractivity contribution is 5.93. The third kappa shape index (κ3) is 3.51. The predicted molar refractivity (Wildman–Crippen MR) is 91.5 cm³/mol. The second-order valence-corrected chi connectivity index (χ2v) is 6.33. The molecule has 26 heavy (non-hydrogen) atoms. The minimum absolute atomic E-state index is 0.116. The van der Waals surface area contributed by atoms with E-state index in [0.29, 0.717) is 56.3 Å². The molecular formula is C18H19FN4O3. The molecule has 2 aromatic rings. The number of carbonyl (C=O) groups is 1. The van der Waals surface area contributed by atoms with E-state index in [4.69, 9.17) is 9.47 Å². The van der Waals surface area contributed by atoms with Crippen molar-refractivity contribution in [3.8, 4) is 0 Å². The smallest absolute Gasteiger partial charge is 0.256 e. The summed E-state index contributed by atoms with van der Waals surface area (Å²) in [6.45, 7) is 2.37. The lowest BCUT2D eigenvalue weighted by Crippen LogP contribution is -2.47. The van der Waals surface area contributed by atoms with Crippen LogP contribution >= 0.6 is 0 Å². The SMILES string of the molecule is O=C(c1cnc(Nc2cccc(F)c2)nc1)N1CCC2(CC1)OCCO2. The van der Waals surface area contributed by atoms with Crippen molar-refractivity contribution in [1.82, 2.24) is 14.9 Å². The van der Waals surface area contributed by atoms with Crippen LogP contribution in [-0.4, -0.2) is 52.9 Å². The Balaban J connectivity index is 1.38. The Morgan fingerprint density at radius 1 is 1.15 bits per heavy atom. The number of piperidine rings is 1. The maximum absolute atomic E-state index is 13.2. The molecule has 2 aliphatic rings. The summed E-state index contributed by atoms with van der Waals surface area (Å²) in [7, 11) is 0. The second kappa shape index (κ2) is 6.97. The largest absolute Gasteiger partial charge is 0.347 e. The third-order valence-electron chi connectivity index (χ3n) is 4.61. The third-order valence-corrected chi connectivity index (χ3v) is 4.61. The molecular weight excluding hydrogens is 339 g/mol. The summed E-state index contributed by atoms with van der Waals surface area (Å²) in [5, 5.41) is 2.90. The zero-order valence-electron chi connectivity index (χ0n) is 14.2. The van der Waals surface area contributed by atoms with Crippen molar-refractivity contribution in [3.63, 3.8) is 0 Å². The summed E-state index contributed by atoms with van der Waals surface area (Å²) in [6, 6.07) is 6.01. The number of anilines is 2. The lowest BCUT2D eigenvalue weighted by Gasteiger charge is -2.37. The first kappa shape index (κ1) is 16.9.